The Bertz CT molecular complexity index is 709. The van der Waals surface area contributed by atoms with Crippen molar-refractivity contribution in [3.05, 3.63) is 71.3 Å². The van der Waals surface area contributed by atoms with E-state index in [9.17, 15) is 9.59 Å². The highest BCUT2D eigenvalue weighted by atomic mass is 16.4. The van der Waals surface area contributed by atoms with Crippen LogP contribution in [0.3, 0.4) is 0 Å². The van der Waals surface area contributed by atoms with Crippen molar-refractivity contribution in [1.82, 2.24) is 5.32 Å². The lowest BCUT2D eigenvalue weighted by molar-refractivity contribution is -0.145. The minimum atomic E-state index is -0.712. The predicted molar refractivity (Wildman–Crippen MR) is 91.5 cm³/mol. The Morgan fingerprint density at radius 1 is 0.958 bits per heavy atom. The fraction of sp³-hybridized carbons (Fsp3) is 0.300. The van der Waals surface area contributed by atoms with Crippen LogP contribution in [0.15, 0.2) is 54.6 Å². The minimum Gasteiger partial charge on any atom is -0.481 e. The lowest BCUT2D eigenvalue weighted by Gasteiger charge is -2.33. The zero-order valence-corrected chi connectivity index (χ0v) is 13.4. The molecular weight excluding hydrogens is 302 g/mol. The molecule has 0 heterocycles. The van der Waals surface area contributed by atoms with Crippen LogP contribution in [0.25, 0.3) is 0 Å². The fourth-order valence-electron chi connectivity index (χ4n) is 3.12. The average Bonchev–Trinajstić information content (AvgIpc) is 2.54. The Kier molecular flexibility index (Phi) is 4.94. The van der Waals surface area contributed by atoms with Crippen LogP contribution in [0.5, 0.6) is 0 Å². The molecule has 2 atom stereocenters. The van der Waals surface area contributed by atoms with Gasteiger partial charge in [-0.1, -0.05) is 54.6 Å². The number of hydrogen-bond donors (Lipinski definition) is 2. The second-order valence-electron chi connectivity index (χ2n) is 6.31. The highest BCUT2D eigenvalue weighted by Crippen LogP contribution is 2.42. The summed E-state index contributed by atoms with van der Waals surface area (Å²) < 4.78 is 0. The molecule has 2 aromatic rings. The largest absolute Gasteiger partial charge is 0.481 e. The van der Waals surface area contributed by atoms with Crippen LogP contribution < -0.4 is 5.32 Å². The third-order valence-corrected chi connectivity index (χ3v) is 4.70. The van der Waals surface area contributed by atoms with Gasteiger partial charge in [-0.15, -0.1) is 0 Å². The summed E-state index contributed by atoms with van der Waals surface area (Å²) >= 11 is 0. The summed E-state index contributed by atoms with van der Waals surface area (Å²) in [6, 6.07) is 17.6. The first-order valence-corrected chi connectivity index (χ1v) is 8.26. The Morgan fingerprint density at radius 2 is 1.67 bits per heavy atom. The molecule has 3 rings (SSSR count). The topological polar surface area (TPSA) is 66.4 Å². The van der Waals surface area contributed by atoms with E-state index in [4.69, 9.17) is 5.11 Å². The molecule has 1 saturated carbocycles. The van der Waals surface area contributed by atoms with Crippen molar-refractivity contribution in [1.29, 1.82) is 0 Å². The van der Waals surface area contributed by atoms with Gasteiger partial charge in [0.15, 0.2) is 0 Å². The molecule has 4 nitrogen and oxygen atoms in total. The van der Waals surface area contributed by atoms with E-state index < -0.39 is 5.97 Å². The predicted octanol–water partition coefficient (Wildman–Crippen LogP) is 3.12. The molecule has 0 radical (unpaired) electrons. The summed E-state index contributed by atoms with van der Waals surface area (Å²) in [5, 5.41) is 12.1. The molecule has 1 unspecified atom stereocenters. The maximum Gasteiger partial charge on any atom is 0.307 e. The third-order valence-electron chi connectivity index (χ3n) is 4.70. The van der Waals surface area contributed by atoms with E-state index in [2.05, 4.69) is 5.32 Å². The zero-order chi connectivity index (χ0) is 16.9. The number of nitrogens with one attached hydrogen (secondary N) is 1. The molecule has 1 amide bonds. The van der Waals surface area contributed by atoms with Gasteiger partial charge >= 0.3 is 5.97 Å². The molecular formula is C20H21NO3. The van der Waals surface area contributed by atoms with Gasteiger partial charge in [-0.05, 0) is 35.4 Å². The number of aliphatic carboxylic acids is 1. The molecule has 0 aliphatic heterocycles. The van der Waals surface area contributed by atoms with Crippen LogP contribution in [0.2, 0.25) is 0 Å². The minimum absolute atomic E-state index is 0.0151. The molecule has 24 heavy (non-hydrogen) atoms. The molecule has 1 fully saturated rings. The average molecular weight is 323 g/mol. The number of carboxylic acids is 1. The Balaban J connectivity index is 1.52. The molecule has 0 spiro atoms. The van der Waals surface area contributed by atoms with Crippen molar-refractivity contribution in [2.45, 2.75) is 31.7 Å². The maximum atomic E-state index is 12.0. The second kappa shape index (κ2) is 7.30. The molecule has 1 aliphatic rings. The summed E-state index contributed by atoms with van der Waals surface area (Å²) in [5.41, 5.74) is 3.07. The number of carboxylic acid groups (broad SMARTS) is 1. The number of amides is 1. The van der Waals surface area contributed by atoms with E-state index in [0.29, 0.717) is 13.0 Å². The first-order valence-electron chi connectivity index (χ1n) is 8.26. The van der Waals surface area contributed by atoms with Crippen LogP contribution in [-0.2, 0) is 22.6 Å². The van der Waals surface area contributed by atoms with Gasteiger partial charge in [-0.2, -0.15) is 0 Å². The van der Waals surface area contributed by atoms with Crippen molar-refractivity contribution in [2.75, 3.05) is 0 Å². The first-order chi connectivity index (χ1) is 11.6. The standard InChI is InChI=1S/C20H21NO3/c22-19(21-13-15-4-2-1-3-5-15)12-14-6-8-16(9-7-14)17-10-11-18(17)20(23)24/h1-9,17-18H,10-13H2,(H,21,22)(H,23,24)/t17-,18?/m0/s1. The second-order valence-corrected chi connectivity index (χ2v) is 6.31. The number of benzene rings is 2. The van der Waals surface area contributed by atoms with Gasteiger partial charge in [-0.25, -0.2) is 0 Å². The van der Waals surface area contributed by atoms with Crippen LogP contribution in [0.4, 0.5) is 0 Å². The maximum absolute atomic E-state index is 12.0. The number of carbonyl (C=O) groups is 2. The van der Waals surface area contributed by atoms with E-state index in [-0.39, 0.29) is 17.7 Å². The number of rotatable bonds is 6. The van der Waals surface area contributed by atoms with Crippen molar-refractivity contribution < 1.29 is 14.7 Å². The van der Waals surface area contributed by atoms with Gasteiger partial charge in [0.25, 0.3) is 0 Å². The van der Waals surface area contributed by atoms with E-state index in [1.165, 1.54) is 0 Å². The van der Waals surface area contributed by atoms with Crippen molar-refractivity contribution in [3.63, 3.8) is 0 Å². The van der Waals surface area contributed by atoms with Gasteiger partial charge in [0.1, 0.15) is 0 Å². The van der Waals surface area contributed by atoms with Gasteiger partial charge in [-0.3, -0.25) is 9.59 Å². The van der Waals surface area contributed by atoms with E-state index in [0.717, 1.165) is 29.5 Å². The Morgan fingerprint density at radius 3 is 2.25 bits per heavy atom. The molecule has 0 bridgehead atoms. The van der Waals surface area contributed by atoms with Gasteiger partial charge in [0, 0.05) is 6.54 Å². The van der Waals surface area contributed by atoms with Crippen LogP contribution in [0, 0.1) is 5.92 Å². The molecule has 0 aromatic heterocycles. The lowest BCUT2D eigenvalue weighted by Crippen LogP contribution is -2.30. The summed E-state index contributed by atoms with van der Waals surface area (Å²) in [7, 11) is 0. The first kappa shape index (κ1) is 16.2. The molecule has 2 aromatic carbocycles. The molecule has 4 heteroatoms. The number of carbonyl (C=O) groups excluding carboxylic acids is 1. The molecule has 0 saturated heterocycles. The van der Waals surface area contributed by atoms with Crippen molar-refractivity contribution in [2.24, 2.45) is 5.92 Å². The van der Waals surface area contributed by atoms with E-state index >= 15 is 0 Å². The lowest BCUT2D eigenvalue weighted by atomic mass is 9.70. The highest BCUT2D eigenvalue weighted by Gasteiger charge is 2.37. The van der Waals surface area contributed by atoms with Crippen molar-refractivity contribution in [3.8, 4) is 0 Å². The van der Waals surface area contributed by atoms with Crippen molar-refractivity contribution >= 4 is 11.9 Å². The fourth-order valence-corrected chi connectivity index (χ4v) is 3.12. The summed E-state index contributed by atoms with van der Waals surface area (Å²) in [6.07, 6.45) is 2.01. The molecule has 2 N–H and O–H groups in total. The van der Waals surface area contributed by atoms with Crippen LogP contribution in [0.1, 0.15) is 35.4 Å². The van der Waals surface area contributed by atoms with Crippen LogP contribution in [-0.4, -0.2) is 17.0 Å². The summed E-state index contributed by atoms with van der Waals surface area (Å²) in [5.74, 6) is -0.872. The van der Waals surface area contributed by atoms with E-state index in [1.54, 1.807) is 0 Å². The highest BCUT2D eigenvalue weighted by molar-refractivity contribution is 5.78. The van der Waals surface area contributed by atoms with E-state index in [1.807, 2.05) is 54.6 Å². The smallest absolute Gasteiger partial charge is 0.307 e. The molecule has 124 valence electrons. The Labute approximate surface area is 141 Å². The quantitative estimate of drug-likeness (QED) is 0.858. The number of hydrogen-bond acceptors (Lipinski definition) is 2. The van der Waals surface area contributed by atoms with Crippen LogP contribution >= 0.6 is 0 Å². The SMILES string of the molecule is O=C(Cc1ccc([C@@H]2CCC2C(=O)O)cc1)NCc1ccccc1. The molecule has 1 aliphatic carbocycles. The summed E-state index contributed by atoms with van der Waals surface area (Å²) in [4.78, 5) is 23.1. The normalized spacial score (nSPS) is 19.3. The van der Waals surface area contributed by atoms with Gasteiger partial charge in [0.05, 0.1) is 12.3 Å². The summed E-state index contributed by atoms with van der Waals surface area (Å²) in [6.45, 7) is 0.528. The van der Waals surface area contributed by atoms with Gasteiger partial charge in [0.2, 0.25) is 5.91 Å². The third kappa shape index (κ3) is 3.82. The van der Waals surface area contributed by atoms with Gasteiger partial charge < -0.3 is 10.4 Å². The monoisotopic (exact) mass is 323 g/mol. The Hall–Kier alpha value is -2.62. The zero-order valence-electron chi connectivity index (χ0n) is 13.4.